The molecular weight excluding hydrogens is 408 g/mol. The summed E-state index contributed by atoms with van der Waals surface area (Å²) in [6, 6.07) is 3.88. The highest BCUT2D eigenvalue weighted by Crippen LogP contribution is 2.27. The summed E-state index contributed by atoms with van der Waals surface area (Å²) in [5, 5.41) is 13.7. The minimum Gasteiger partial charge on any atom is -0.444 e. The van der Waals surface area contributed by atoms with Crippen LogP contribution in [-0.2, 0) is 30.2 Å². The molecule has 1 aliphatic heterocycles. The van der Waals surface area contributed by atoms with Crippen LogP contribution >= 0.6 is 0 Å². The minimum absolute atomic E-state index is 0.0259. The van der Waals surface area contributed by atoms with Gasteiger partial charge in [-0.1, -0.05) is 6.07 Å². The molecule has 170 valence electrons. The Hall–Kier alpha value is -3.17. The van der Waals surface area contributed by atoms with Crippen molar-refractivity contribution in [2.24, 2.45) is 5.92 Å². The van der Waals surface area contributed by atoms with E-state index in [1.54, 1.807) is 39.8 Å². The number of aryl methyl sites for hydroxylation is 1. The van der Waals surface area contributed by atoms with Crippen LogP contribution in [0.2, 0.25) is 0 Å². The van der Waals surface area contributed by atoms with Crippen molar-refractivity contribution in [3.05, 3.63) is 39.4 Å². The second-order valence-corrected chi connectivity index (χ2v) is 8.96. The van der Waals surface area contributed by atoms with E-state index in [-0.39, 0.29) is 18.5 Å². The number of rotatable bonds is 6. The average Bonchev–Trinajstić information content (AvgIpc) is 2.55. The monoisotopic (exact) mass is 436 g/mol. The number of esters is 2. The standard InChI is InChI=1S/C21H28N2O8/c1-12-9-13(7-8-16(12)23(27)28)10-14(22-19(26)31-20(2,3)4)11-15-17(24)29-21(5,6)30-18(15)25/h7-9,14-15H,10-11H2,1-6H3,(H,22,26). The number of ether oxygens (including phenoxy) is 3. The number of carbonyl (C=O) groups is 3. The van der Waals surface area contributed by atoms with Crippen LogP contribution in [0, 0.1) is 23.0 Å². The van der Waals surface area contributed by atoms with Gasteiger partial charge in [0.2, 0.25) is 0 Å². The normalized spacial score (nSPS) is 17.4. The number of amides is 1. The van der Waals surface area contributed by atoms with Gasteiger partial charge in [-0.3, -0.25) is 19.7 Å². The van der Waals surface area contributed by atoms with E-state index in [1.807, 2.05) is 0 Å². The Bertz CT molecular complexity index is 868. The molecule has 1 N–H and O–H groups in total. The van der Waals surface area contributed by atoms with Crippen molar-refractivity contribution in [3.63, 3.8) is 0 Å². The SMILES string of the molecule is Cc1cc(CC(CC2C(=O)OC(C)(C)OC2=O)NC(=O)OC(C)(C)C)ccc1[N+](=O)[O-]. The molecule has 1 amide bonds. The third-order valence-electron chi connectivity index (χ3n) is 4.44. The first-order chi connectivity index (χ1) is 14.2. The summed E-state index contributed by atoms with van der Waals surface area (Å²) in [7, 11) is 0. The van der Waals surface area contributed by atoms with Crippen LogP contribution in [0.3, 0.4) is 0 Å². The number of hydrogen-bond donors (Lipinski definition) is 1. The highest BCUT2D eigenvalue weighted by Gasteiger charge is 2.44. The van der Waals surface area contributed by atoms with Gasteiger partial charge in [-0.05, 0) is 52.2 Å². The van der Waals surface area contributed by atoms with Crippen LogP contribution in [-0.4, -0.2) is 40.4 Å². The van der Waals surface area contributed by atoms with Gasteiger partial charge < -0.3 is 19.5 Å². The van der Waals surface area contributed by atoms with Gasteiger partial charge in [0.05, 0.1) is 4.92 Å². The van der Waals surface area contributed by atoms with E-state index in [4.69, 9.17) is 14.2 Å². The van der Waals surface area contributed by atoms with Crippen LogP contribution in [0.15, 0.2) is 18.2 Å². The molecule has 1 fully saturated rings. The molecule has 0 aliphatic carbocycles. The third kappa shape index (κ3) is 6.94. The fourth-order valence-corrected chi connectivity index (χ4v) is 3.22. The topological polar surface area (TPSA) is 134 Å². The maximum atomic E-state index is 12.4. The van der Waals surface area contributed by atoms with Gasteiger partial charge in [-0.15, -0.1) is 0 Å². The third-order valence-corrected chi connectivity index (χ3v) is 4.44. The first kappa shape index (κ1) is 24.1. The molecular formula is C21H28N2O8. The van der Waals surface area contributed by atoms with Crippen LogP contribution in [0.1, 0.15) is 52.2 Å². The van der Waals surface area contributed by atoms with Gasteiger partial charge in [0.25, 0.3) is 11.5 Å². The zero-order valence-corrected chi connectivity index (χ0v) is 18.5. The van der Waals surface area contributed by atoms with Gasteiger partial charge in [0, 0.05) is 31.5 Å². The summed E-state index contributed by atoms with van der Waals surface area (Å²) < 4.78 is 15.6. The van der Waals surface area contributed by atoms with E-state index >= 15 is 0 Å². The molecule has 0 aromatic heterocycles. The van der Waals surface area contributed by atoms with Crippen molar-refractivity contribution in [2.75, 3.05) is 0 Å². The van der Waals surface area contributed by atoms with Crippen molar-refractivity contribution in [1.29, 1.82) is 0 Å². The fourth-order valence-electron chi connectivity index (χ4n) is 3.22. The molecule has 10 heteroatoms. The average molecular weight is 436 g/mol. The molecule has 1 saturated heterocycles. The second kappa shape index (κ2) is 8.91. The van der Waals surface area contributed by atoms with Crippen molar-refractivity contribution >= 4 is 23.7 Å². The number of nitrogens with one attached hydrogen (secondary N) is 1. The lowest BCUT2D eigenvalue weighted by atomic mass is 9.93. The Morgan fingerprint density at radius 1 is 1.26 bits per heavy atom. The number of nitro groups is 1. The molecule has 1 aromatic rings. The van der Waals surface area contributed by atoms with Crippen LogP contribution < -0.4 is 5.32 Å². The van der Waals surface area contributed by atoms with Crippen molar-refractivity contribution in [2.45, 2.75) is 71.8 Å². The van der Waals surface area contributed by atoms with E-state index in [1.165, 1.54) is 19.9 Å². The molecule has 31 heavy (non-hydrogen) atoms. The molecule has 0 saturated carbocycles. The predicted molar refractivity (Wildman–Crippen MR) is 109 cm³/mol. The molecule has 1 aliphatic rings. The van der Waals surface area contributed by atoms with Gasteiger partial charge in [0.1, 0.15) is 5.60 Å². The number of benzene rings is 1. The van der Waals surface area contributed by atoms with Crippen LogP contribution in [0.25, 0.3) is 0 Å². The molecule has 1 aromatic carbocycles. The smallest absolute Gasteiger partial charge is 0.407 e. The lowest BCUT2D eigenvalue weighted by molar-refractivity contribution is -0.385. The van der Waals surface area contributed by atoms with E-state index < -0.39 is 46.3 Å². The summed E-state index contributed by atoms with van der Waals surface area (Å²) in [5.41, 5.74) is 0.367. The highest BCUT2D eigenvalue weighted by molar-refractivity contribution is 5.96. The summed E-state index contributed by atoms with van der Waals surface area (Å²) >= 11 is 0. The van der Waals surface area contributed by atoms with E-state index in [2.05, 4.69) is 5.32 Å². The largest absolute Gasteiger partial charge is 0.444 e. The molecule has 2 rings (SSSR count). The summed E-state index contributed by atoms with van der Waals surface area (Å²) in [4.78, 5) is 47.6. The lowest BCUT2D eigenvalue weighted by Crippen LogP contribution is -2.49. The number of nitro benzene ring substituents is 1. The first-order valence-corrected chi connectivity index (χ1v) is 9.86. The maximum absolute atomic E-state index is 12.4. The maximum Gasteiger partial charge on any atom is 0.407 e. The Morgan fingerprint density at radius 3 is 2.32 bits per heavy atom. The van der Waals surface area contributed by atoms with Crippen molar-refractivity contribution < 1.29 is 33.5 Å². The number of hydrogen-bond acceptors (Lipinski definition) is 8. The van der Waals surface area contributed by atoms with Gasteiger partial charge >= 0.3 is 18.0 Å². The summed E-state index contributed by atoms with van der Waals surface area (Å²) in [6.45, 7) is 9.64. The zero-order chi connectivity index (χ0) is 23.6. The molecule has 1 atom stereocenters. The van der Waals surface area contributed by atoms with E-state index in [9.17, 15) is 24.5 Å². The number of cyclic esters (lactones) is 2. The van der Waals surface area contributed by atoms with Gasteiger partial charge in [0.15, 0.2) is 5.92 Å². The molecule has 1 heterocycles. The predicted octanol–water partition coefficient (Wildman–Crippen LogP) is 3.18. The molecule has 0 spiro atoms. The van der Waals surface area contributed by atoms with Gasteiger partial charge in [-0.25, -0.2) is 4.79 Å². The molecule has 0 bridgehead atoms. The summed E-state index contributed by atoms with van der Waals surface area (Å²) in [5.74, 6) is -4.05. The van der Waals surface area contributed by atoms with Crippen molar-refractivity contribution in [1.82, 2.24) is 5.32 Å². The van der Waals surface area contributed by atoms with E-state index in [0.717, 1.165) is 0 Å². The Labute approximate surface area is 180 Å². The highest BCUT2D eigenvalue weighted by atomic mass is 16.7. The van der Waals surface area contributed by atoms with Crippen LogP contribution in [0.5, 0.6) is 0 Å². The number of carbonyl (C=O) groups excluding carboxylic acids is 3. The van der Waals surface area contributed by atoms with E-state index in [0.29, 0.717) is 11.1 Å². The zero-order valence-electron chi connectivity index (χ0n) is 18.5. The minimum atomic E-state index is -1.35. The second-order valence-electron chi connectivity index (χ2n) is 8.96. The lowest BCUT2D eigenvalue weighted by Gasteiger charge is -2.34. The first-order valence-electron chi connectivity index (χ1n) is 9.86. The molecule has 1 unspecified atom stereocenters. The fraction of sp³-hybridized carbons (Fsp3) is 0.571. The van der Waals surface area contributed by atoms with Gasteiger partial charge in [-0.2, -0.15) is 0 Å². The number of alkyl carbamates (subject to hydrolysis) is 1. The quantitative estimate of drug-likeness (QED) is 0.311. The summed E-state index contributed by atoms with van der Waals surface area (Å²) in [6.07, 6.45) is -0.587. The Morgan fingerprint density at radius 2 is 1.84 bits per heavy atom. The molecule has 10 nitrogen and oxygen atoms in total. The Kier molecular flexibility index (Phi) is 6.93. The Balaban J connectivity index is 2.23. The van der Waals surface area contributed by atoms with Crippen molar-refractivity contribution in [3.8, 4) is 0 Å². The van der Waals surface area contributed by atoms with Crippen LogP contribution in [0.4, 0.5) is 10.5 Å². The molecule has 0 radical (unpaired) electrons. The number of nitrogens with zero attached hydrogens (tertiary/aromatic N) is 1.